The lowest BCUT2D eigenvalue weighted by Crippen LogP contribution is -2.45. The molecule has 2 aromatic rings. The number of carbonyl (C=O) groups excluding carboxylic acids is 2. The zero-order valence-electron chi connectivity index (χ0n) is 17.0. The second-order valence-corrected chi connectivity index (χ2v) is 7.37. The first kappa shape index (κ1) is 21.3. The van der Waals surface area contributed by atoms with E-state index in [9.17, 15) is 19.5 Å². The predicted octanol–water partition coefficient (Wildman–Crippen LogP) is 2.50. The van der Waals surface area contributed by atoms with Crippen molar-refractivity contribution in [1.29, 1.82) is 0 Å². The summed E-state index contributed by atoms with van der Waals surface area (Å²) in [5.74, 6) is -0.271. The molecule has 1 heterocycles. The Bertz CT molecular complexity index is 958. The van der Waals surface area contributed by atoms with E-state index < -0.39 is 12.1 Å². The van der Waals surface area contributed by atoms with Gasteiger partial charge in [0.25, 0.3) is 5.91 Å². The molecule has 1 aliphatic heterocycles. The molecule has 3 rings (SSSR count). The predicted molar refractivity (Wildman–Crippen MR) is 114 cm³/mol. The number of fused-ring (bicyclic) bond motifs is 1. The smallest absolute Gasteiger partial charge is 0.405 e. The van der Waals surface area contributed by atoms with Gasteiger partial charge < -0.3 is 26.4 Å². The first-order valence-corrected chi connectivity index (χ1v) is 9.83. The third-order valence-corrected chi connectivity index (χ3v) is 5.23. The fourth-order valence-corrected chi connectivity index (χ4v) is 3.91. The maximum Gasteiger partial charge on any atom is 0.405 e. The third kappa shape index (κ3) is 4.44. The van der Waals surface area contributed by atoms with Gasteiger partial charge in [-0.25, -0.2) is 4.79 Å². The molecular weight excluding hydrogens is 384 g/mol. The zero-order valence-corrected chi connectivity index (χ0v) is 17.0. The summed E-state index contributed by atoms with van der Waals surface area (Å²) in [6.07, 6.45) is -0.615. The third-order valence-electron chi connectivity index (χ3n) is 5.23. The van der Waals surface area contributed by atoms with E-state index in [0.29, 0.717) is 30.8 Å². The summed E-state index contributed by atoms with van der Waals surface area (Å²) < 4.78 is 0. The Hall–Kier alpha value is -3.39. The van der Waals surface area contributed by atoms with Gasteiger partial charge in [0.15, 0.2) is 0 Å². The van der Waals surface area contributed by atoms with E-state index in [1.54, 1.807) is 17.0 Å². The van der Waals surface area contributed by atoms with Gasteiger partial charge in [-0.05, 0) is 54.3 Å². The fraction of sp³-hybridized carbons (Fsp3) is 0.318. The molecule has 0 unspecified atom stereocenters. The van der Waals surface area contributed by atoms with Crippen LogP contribution in [0.5, 0.6) is 0 Å². The SMILES string of the molecule is CC(=O)N1c2ccc(-c3ccc(C(=O)NCCN)cc3)cc2[C@H](NC(=O)O)C[C@@H]1C. The molecule has 8 heteroatoms. The molecule has 0 saturated heterocycles. The van der Waals surface area contributed by atoms with E-state index in [2.05, 4.69) is 10.6 Å². The Kier molecular flexibility index (Phi) is 6.37. The Labute approximate surface area is 175 Å². The van der Waals surface area contributed by atoms with E-state index in [1.165, 1.54) is 6.92 Å². The van der Waals surface area contributed by atoms with Gasteiger partial charge in [0.1, 0.15) is 0 Å². The number of rotatable bonds is 5. The number of nitrogens with zero attached hydrogens (tertiary/aromatic N) is 1. The molecule has 1 aliphatic rings. The second-order valence-electron chi connectivity index (χ2n) is 7.37. The van der Waals surface area contributed by atoms with E-state index in [-0.39, 0.29) is 17.9 Å². The lowest BCUT2D eigenvalue weighted by atomic mass is 9.89. The van der Waals surface area contributed by atoms with Crippen molar-refractivity contribution in [1.82, 2.24) is 10.6 Å². The molecule has 0 radical (unpaired) electrons. The lowest BCUT2D eigenvalue weighted by molar-refractivity contribution is -0.117. The van der Waals surface area contributed by atoms with Crippen LogP contribution < -0.4 is 21.3 Å². The normalized spacial score (nSPS) is 17.8. The summed E-state index contributed by atoms with van der Waals surface area (Å²) in [5.41, 5.74) is 9.17. The van der Waals surface area contributed by atoms with Crippen molar-refractivity contribution >= 4 is 23.6 Å². The summed E-state index contributed by atoms with van der Waals surface area (Å²) in [5, 5.41) is 14.5. The minimum Gasteiger partial charge on any atom is -0.465 e. The number of carbonyl (C=O) groups is 3. The number of benzene rings is 2. The minimum atomic E-state index is -1.10. The van der Waals surface area contributed by atoms with Gasteiger partial charge in [0.2, 0.25) is 5.91 Å². The average molecular weight is 410 g/mol. The van der Waals surface area contributed by atoms with Gasteiger partial charge in [-0.3, -0.25) is 9.59 Å². The first-order valence-electron chi connectivity index (χ1n) is 9.83. The highest BCUT2D eigenvalue weighted by atomic mass is 16.4. The van der Waals surface area contributed by atoms with Crippen molar-refractivity contribution in [2.45, 2.75) is 32.4 Å². The van der Waals surface area contributed by atoms with Gasteiger partial charge >= 0.3 is 6.09 Å². The van der Waals surface area contributed by atoms with Crippen molar-refractivity contribution in [3.05, 3.63) is 53.6 Å². The Balaban J connectivity index is 1.95. The number of nitrogens with one attached hydrogen (secondary N) is 2. The van der Waals surface area contributed by atoms with Gasteiger partial charge in [0, 0.05) is 37.3 Å². The fourth-order valence-electron chi connectivity index (χ4n) is 3.91. The molecule has 0 aromatic heterocycles. The van der Waals surface area contributed by atoms with E-state index >= 15 is 0 Å². The molecule has 30 heavy (non-hydrogen) atoms. The molecule has 0 spiro atoms. The molecule has 2 atom stereocenters. The van der Waals surface area contributed by atoms with Gasteiger partial charge in [-0.2, -0.15) is 0 Å². The van der Waals surface area contributed by atoms with Crippen LogP contribution in [-0.2, 0) is 4.79 Å². The molecule has 2 aromatic carbocycles. The average Bonchev–Trinajstić information content (AvgIpc) is 2.71. The Morgan fingerprint density at radius 3 is 2.40 bits per heavy atom. The largest absolute Gasteiger partial charge is 0.465 e. The van der Waals surface area contributed by atoms with E-state index in [4.69, 9.17) is 5.73 Å². The van der Waals surface area contributed by atoms with Gasteiger partial charge in [-0.1, -0.05) is 18.2 Å². The highest BCUT2D eigenvalue weighted by molar-refractivity contribution is 5.95. The molecule has 0 saturated carbocycles. The second kappa shape index (κ2) is 8.96. The lowest BCUT2D eigenvalue weighted by Gasteiger charge is -2.39. The van der Waals surface area contributed by atoms with Crippen LogP contribution in [0.25, 0.3) is 11.1 Å². The highest BCUT2D eigenvalue weighted by Crippen LogP contribution is 2.39. The molecule has 3 amide bonds. The first-order chi connectivity index (χ1) is 14.3. The molecule has 0 bridgehead atoms. The Morgan fingerprint density at radius 2 is 1.80 bits per heavy atom. The van der Waals surface area contributed by atoms with Crippen LogP contribution in [0.2, 0.25) is 0 Å². The molecular formula is C22H26N4O4. The summed E-state index contributed by atoms with van der Waals surface area (Å²) in [4.78, 5) is 37.2. The molecule has 158 valence electrons. The summed E-state index contributed by atoms with van der Waals surface area (Å²) >= 11 is 0. The molecule has 0 aliphatic carbocycles. The van der Waals surface area contributed by atoms with Crippen molar-refractivity contribution in [3.8, 4) is 11.1 Å². The van der Waals surface area contributed by atoms with Crippen molar-refractivity contribution < 1.29 is 19.5 Å². The number of anilines is 1. The minimum absolute atomic E-state index is 0.0851. The topological polar surface area (TPSA) is 125 Å². The van der Waals surface area contributed by atoms with Gasteiger partial charge in [0.05, 0.1) is 6.04 Å². The van der Waals surface area contributed by atoms with Crippen molar-refractivity contribution in [2.24, 2.45) is 5.73 Å². The number of hydrogen-bond donors (Lipinski definition) is 4. The molecule has 8 nitrogen and oxygen atoms in total. The summed E-state index contributed by atoms with van der Waals surface area (Å²) in [6, 6.07) is 12.3. The number of hydrogen-bond acceptors (Lipinski definition) is 4. The number of amides is 3. The van der Waals surface area contributed by atoms with Crippen LogP contribution in [0.15, 0.2) is 42.5 Å². The van der Waals surface area contributed by atoms with E-state index in [1.807, 2.05) is 37.3 Å². The van der Waals surface area contributed by atoms with Crippen LogP contribution in [0, 0.1) is 0 Å². The number of carboxylic acid groups (broad SMARTS) is 1. The zero-order chi connectivity index (χ0) is 21.8. The summed E-state index contributed by atoms with van der Waals surface area (Å²) in [6.45, 7) is 4.20. The quantitative estimate of drug-likeness (QED) is 0.603. The maximum absolute atomic E-state index is 12.2. The summed E-state index contributed by atoms with van der Waals surface area (Å²) in [7, 11) is 0. The van der Waals surface area contributed by atoms with E-state index in [0.717, 1.165) is 16.7 Å². The molecule has 0 fully saturated rings. The molecule has 5 N–H and O–H groups in total. The van der Waals surface area contributed by atoms with Crippen molar-refractivity contribution in [3.63, 3.8) is 0 Å². The van der Waals surface area contributed by atoms with Crippen LogP contribution in [0.1, 0.15) is 42.2 Å². The van der Waals surface area contributed by atoms with Gasteiger partial charge in [-0.15, -0.1) is 0 Å². The standard InChI is InChI=1S/C22H26N4O4/c1-13-11-19(25-22(29)30)18-12-17(7-8-20(18)26(13)14(2)27)15-3-5-16(6-4-15)21(28)24-10-9-23/h3-8,12-13,19,25H,9-11,23H2,1-2H3,(H,24,28)(H,29,30)/t13-,19+/m0/s1. The van der Waals surface area contributed by atoms with Crippen LogP contribution in [0.4, 0.5) is 10.5 Å². The van der Waals surface area contributed by atoms with Crippen LogP contribution >= 0.6 is 0 Å². The highest BCUT2D eigenvalue weighted by Gasteiger charge is 2.33. The van der Waals surface area contributed by atoms with Crippen LogP contribution in [0.3, 0.4) is 0 Å². The van der Waals surface area contributed by atoms with Crippen molar-refractivity contribution in [2.75, 3.05) is 18.0 Å². The number of nitrogens with two attached hydrogens (primary N) is 1. The van der Waals surface area contributed by atoms with Crippen LogP contribution in [-0.4, -0.2) is 42.1 Å². The monoisotopic (exact) mass is 410 g/mol. The Morgan fingerprint density at radius 1 is 1.13 bits per heavy atom. The maximum atomic E-state index is 12.2.